The van der Waals surface area contributed by atoms with E-state index in [0.717, 1.165) is 0 Å². The van der Waals surface area contributed by atoms with E-state index in [2.05, 4.69) is 15.4 Å². The molecule has 0 saturated heterocycles. The van der Waals surface area contributed by atoms with Gasteiger partial charge < -0.3 is 32.0 Å². The third-order valence-electron chi connectivity index (χ3n) is 0.497. The Balaban J connectivity index is -0.0000000800. The second-order valence-electron chi connectivity index (χ2n) is 0.969. The summed E-state index contributed by atoms with van der Waals surface area (Å²) in [5.74, 6) is -0.509. The van der Waals surface area contributed by atoms with Crippen LogP contribution in [0.4, 0.5) is 5.95 Å². The first kappa shape index (κ1) is 22.4. The molecule has 0 aliphatic carbocycles. The lowest BCUT2D eigenvalue weighted by Gasteiger charge is -1.79. The molecule has 12 heavy (non-hydrogen) atoms. The molecule has 0 unspecified atom stereocenters. The first-order valence-electron chi connectivity index (χ1n) is 1.68. The SMILES string of the molecule is O.O.O.O.O=[N+]([O-])c1nn[nH]n1. The summed E-state index contributed by atoms with van der Waals surface area (Å²) in [5, 5.41) is 20.7. The Morgan fingerprint density at radius 2 is 1.75 bits per heavy atom. The smallest absolute Gasteiger partial charge is 0.412 e. The lowest BCUT2D eigenvalue weighted by atomic mass is 11.1. The molecule has 1 aromatic heterocycles. The van der Waals surface area contributed by atoms with Crippen LogP contribution >= 0.6 is 0 Å². The van der Waals surface area contributed by atoms with Gasteiger partial charge in [0.25, 0.3) is 0 Å². The predicted octanol–water partition coefficient (Wildman–Crippen LogP) is -4.19. The molecule has 11 nitrogen and oxygen atoms in total. The first-order chi connectivity index (χ1) is 3.80. The number of hydrogen-bond acceptors (Lipinski definition) is 5. The highest BCUT2D eigenvalue weighted by Gasteiger charge is 2.08. The van der Waals surface area contributed by atoms with Crippen molar-refractivity contribution in [1.82, 2.24) is 20.6 Å². The van der Waals surface area contributed by atoms with Gasteiger partial charge in [-0.2, -0.15) is 0 Å². The van der Waals surface area contributed by atoms with Crippen molar-refractivity contribution in [2.75, 3.05) is 0 Å². The molecular formula is CH9N5O6. The molecule has 9 N–H and O–H groups in total. The summed E-state index contributed by atoms with van der Waals surface area (Å²) in [4.78, 5) is 8.95. The van der Waals surface area contributed by atoms with Gasteiger partial charge in [0.2, 0.25) is 0 Å². The minimum atomic E-state index is -0.733. The molecule has 74 valence electrons. The van der Waals surface area contributed by atoms with Crippen molar-refractivity contribution in [2.24, 2.45) is 0 Å². The van der Waals surface area contributed by atoms with Gasteiger partial charge in [0.1, 0.15) is 0 Å². The average molecular weight is 187 g/mol. The summed E-state index contributed by atoms with van der Waals surface area (Å²) in [6.45, 7) is 0. The van der Waals surface area contributed by atoms with E-state index in [1.54, 1.807) is 0 Å². The molecule has 1 aromatic rings. The lowest BCUT2D eigenvalue weighted by molar-refractivity contribution is -0.394. The van der Waals surface area contributed by atoms with Crippen LogP contribution in [-0.2, 0) is 0 Å². The number of nitrogens with zero attached hydrogens (tertiary/aromatic N) is 4. The Morgan fingerprint density at radius 3 is 1.92 bits per heavy atom. The fourth-order valence-electron chi connectivity index (χ4n) is 0.234. The zero-order chi connectivity index (χ0) is 5.98. The second kappa shape index (κ2) is 9.31. The quantitative estimate of drug-likeness (QED) is 0.339. The number of aromatic nitrogens is 4. The highest BCUT2D eigenvalue weighted by molar-refractivity contribution is 4.91. The van der Waals surface area contributed by atoms with Crippen LogP contribution in [0.3, 0.4) is 0 Å². The Kier molecular flexibility index (Phi) is 17.4. The highest BCUT2D eigenvalue weighted by Crippen LogP contribution is 1.91. The van der Waals surface area contributed by atoms with Gasteiger partial charge in [0.05, 0.1) is 5.10 Å². The van der Waals surface area contributed by atoms with Crippen molar-refractivity contribution < 1.29 is 26.8 Å². The monoisotopic (exact) mass is 187 g/mol. The molecule has 0 fully saturated rings. The molecule has 0 radical (unpaired) electrons. The number of nitrogens with one attached hydrogen (secondary N) is 1. The zero-order valence-electron chi connectivity index (χ0n) is 5.61. The predicted molar refractivity (Wildman–Crippen MR) is 35.3 cm³/mol. The van der Waals surface area contributed by atoms with Crippen molar-refractivity contribution in [3.63, 3.8) is 0 Å². The standard InChI is InChI=1S/CHN5O2.4H2O/c7-6(8)1-2-4-5-3-1;;;;/h(H,2,3,4,5);4*1H2. The highest BCUT2D eigenvalue weighted by atomic mass is 16.6. The van der Waals surface area contributed by atoms with Gasteiger partial charge in [-0.15, -0.1) is 0 Å². The summed E-state index contributed by atoms with van der Waals surface area (Å²) in [6.07, 6.45) is 0. The topological polar surface area (TPSA) is 224 Å². The molecule has 0 atom stereocenters. The van der Waals surface area contributed by atoms with E-state index in [-0.39, 0.29) is 21.9 Å². The van der Waals surface area contributed by atoms with E-state index < -0.39 is 10.9 Å². The maximum Gasteiger partial charge on any atom is 0.514 e. The molecule has 0 saturated carbocycles. The normalized spacial score (nSPS) is 6.00. The van der Waals surface area contributed by atoms with Gasteiger partial charge in [-0.3, -0.25) is 0 Å². The fraction of sp³-hybridized carbons (Fsp3) is 0. The van der Waals surface area contributed by atoms with Crippen LogP contribution in [0.5, 0.6) is 0 Å². The van der Waals surface area contributed by atoms with Gasteiger partial charge in [-0.25, -0.2) is 0 Å². The number of tetrazole rings is 1. The summed E-state index contributed by atoms with van der Waals surface area (Å²) in [6, 6.07) is 0. The summed E-state index contributed by atoms with van der Waals surface area (Å²) in [7, 11) is 0. The molecule has 0 aliphatic heterocycles. The van der Waals surface area contributed by atoms with E-state index in [1.165, 1.54) is 0 Å². The maximum atomic E-state index is 9.68. The molecule has 1 heterocycles. The van der Waals surface area contributed by atoms with Crippen LogP contribution < -0.4 is 0 Å². The molecule has 11 heteroatoms. The lowest BCUT2D eigenvalue weighted by Crippen LogP contribution is -1.88. The third-order valence-corrected chi connectivity index (χ3v) is 0.497. The summed E-state index contributed by atoms with van der Waals surface area (Å²) in [5.41, 5.74) is 0. The number of H-pyrrole nitrogens is 1. The zero-order valence-corrected chi connectivity index (χ0v) is 5.61. The number of hydrogen-bond donors (Lipinski definition) is 1. The molecule has 0 spiro atoms. The number of rotatable bonds is 1. The van der Waals surface area contributed by atoms with E-state index in [4.69, 9.17) is 0 Å². The molecule has 0 aromatic carbocycles. The second-order valence-corrected chi connectivity index (χ2v) is 0.969. The van der Waals surface area contributed by atoms with E-state index in [0.29, 0.717) is 0 Å². The van der Waals surface area contributed by atoms with Crippen LogP contribution in [0.2, 0.25) is 0 Å². The fourth-order valence-corrected chi connectivity index (χ4v) is 0.234. The molecule has 0 bridgehead atoms. The van der Waals surface area contributed by atoms with Crippen LogP contribution in [0.25, 0.3) is 0 Å². The summed E-state index contributed by atoms with van der Waals surface area (Å²) >= 11 is 0. The van der Waals surface area contributed by atoms with Gasteiger partial charge in [0, 0.05) is 10.3 Å². The van der Waals surface area contributed by atoms with Crippen molar-refractivity contribution in [3.8, 4) is 0 Å². The van der Waals surface area contributed by atoms with Gasteiger partial charge in [0.15, 0.2) is 0 Å². The minimum Gasteiger partial charge on any atom is -0.412 e. The Hall–Kier alpha value is -1.69. The van der Waals surface area contributed by atoms with Crippen LogP contribution in [0.15, 0.2) is 0 Å². The van der Waals surface area contributed by atoms with Crippen molar-refractivity contribution in [3.05, 3.63) is 10.1 Å². The van der Waals surface area contributed by atoms with E-state index in [9.17, 15) is 10.1 Å². The summed E-state index contributed by atoms with van der Waals surface area (Å²) < 4.78 is 0. The largest absolute Gasteiger partial charge is 0.514 e. The van der Waals surface area contributed by atoms with E-state index >= 15 is 0 Å². The maximum absolute atomic E-state index is 9.68. The first-order valence-corrected chi connectivity index (χ1v) is 1.68. The van der Waals surface area contributed by atoms with Gasteiger partial charge in [-0.05, 0) is 4.92 Å². The number of nitro groups is 1. The Morgan fingerprint density at radius 1 is 1.25 bits per heavy atom. The third kappa shape index (κ3) is 5.12. The van der Waals surface area contributed by atoms with Gasteiger partial charge >= 0.3 is 5.95 Å². The molecule has 1 rings (SSSR count). The Bertz CT molecular complexity index is 184. The minimum absolute atomic E-state index is 0. The molecule has 0 amide bonds. The van der Waals surface area contributed by atoms with Crippen LogP contribution in [-0.4, -0.2) is 47.5 Å². The van der Waals surface area contributed by atoms with Gasteiger partial charge in [-0.1, -0.05) is 5.21 Å². The van der Waals surface area contributed by atoms with E-state index in [1.807, 2.05) is 5.21 Å². The molecular weight excluding hydrogens is 178 g/mol. The van der Waals surface area contributed by atoms with Crippen molar-refractivity contribution in [2.45, 2.75) is 0 Å². The van der Waals surface area contributed by atoms with Crippen molar-refractivity contribution >= 4 is 5.95 Å². The molecule has 0 aliphatic rings. The number of aromatic amines is 1. The Labute approximate surface area is 64.8 Å². The van der Waals surface area contributed by atoms with Crippen LogP contribution in [0.1, 0.15) is 0 Å². The average Bonchev–Trinajstić information content (AvgIpc) is 2.12. The van der Waals surface area contributed by atoms with Crippen molar-refractivity contribution in [1.29, 1.82) is 0 Å². The van der Waals surface area contributed by atoms with Crippen LogP contribution in [0, 0.1) is 10.1 Å².